The molecule has 2 rings (SSSR count). The summed E-state index contributed by atoms with van der Waals surface area (Å²) < 4.78 is 20.1. The SMILES string of the molecule is CCOC(=O)c1nn(COC(=O)C(C)C)nc1C(=O)c1cc(OC)c(OC)cc1[N+](=O)[O-]. The van der Waals surface area contributed by atoms with Gasteiger partial charge in [-0.3, -0.25) is 19.7 Å². The molecule has 0 radical (unpaired) electrons. The predicted molar refractivity (Wildman–Crippen MR) is 107 cm³/mol. The maximum Gasteiger partial charge on any atom is 0.361 e. The molecule has 0 saturated heterocycles. The van der Waals surface area contributed by atoms with Gasteiger partial charge in [-0.1, -0.05) is 13.8 Å². The Bertz CT molecular complexity index is 1050. The second-order valence-electron chi connectivity index (χ2n) is 6.55. The van der Waals surface area contributed by atoms with Gasteiger partial charge in [-0.15, -0.1) is 15.0 Å². The molecule has 0 N–H and O–H groups in total. The van der Waals surface area contributed by atoms with Gasteiger partial charge in [0.2, 0.25) is 18.2 Å². The molecule has 1 aromatic carbocycles. The van der Waals surface area contributed by atoms with Gasteiger partial charge >= 0.3 is 11.9 Å². The van der Waals surface area contributed by atoms with Gasteiger partial charge < -0.3 is 18.9 Å². The van der Waals surface area contributed by atoms with E-state index >= 15 is 0 Å². The standard InChI is InChI=1S/C19H22N4O9/c1-6-31-19(26)16-15(20-22(21-16)9-32-18(25)10(2)3)17(24)11-7-13(29-4)14(30-5)8-12(11)23(27)28/h7-8,10H,6,9H2,1-5H3. The highest BCUT2D eigenvalue weighted by molar-refractivity contribution is 6.14. The fraction of sp³-hybridized carbons (Fsp3) is 0.421. The van der Waals surface area contributed by atoms with Crippen molar-refractivity contribution < 1.29 is 38.3 Å². The number of esters is 2. The molecule has 13 nitrogen and oxygen atoms in total. The van der Waals surface area contributed by atoms with Crippen LogP contribution in [0.4, 0.5) is 5.69 Å². The third-order valence-corrected chi connectivity index (χ3v) is 4.08. The van der Waals surface area contributed by atoms with E-state index in [1.165, 1.54) is 14.2 Å². The largest absolute Gasteiger partial charge is 0.493 e. The third-order valence-electron chi connectivity index (χ3n) is 4.08. The Labute approximate surface area is 182 Å². The first-order valence-corrected chi connectivity index (χ1v) is 9.38. The zero-order valence-corrected chi connectivity index (χ0v) is 18.1. The Morgan fingerprint density at radius 2 is 1.66 bits per heavy atom. The van der Waals surface area contributed by atoms with Gasteiger partial charge in [0.05, 0.1) is 37.7 Å². The van der Waals surface area contributed by atoms with Crippen LogP contribution < -0.4 is 9.47 Å². The molecule has 0 saturated carbocycles. The third kappa shape index (κ3) is 5.17. The van der Waals surface area contributed by atoms with Gasteiger partial charge in [-0.25, -0.2) is 4.79 Å². The van der Waals surface area contributed by atoms with Crippen LogP contribution in [0, 0.1) is 16.0 Å². The number of carbonyl (C=O) groups excluding carboxylic acids is 3. The molecule has 172 valence electrons. The molecule has 0 aliphatic carbocycles. The van der Waals surface area contributed by atoms with Crippen molar-refractivity contribution >= 4 is 23.4 Å². The van der Waals surface area contributed by atoms with Crippen LogP contribution in [-0.4, -0.2) is 58.5 Å². The number of nitrogens with zero attached hydrogens (tertiary/aromatic N) is 4. The molecular formula is C19H22N4O9. The van der Waals surface area contributed by atoms with Gasteiger partial charge in [0, 0.05) is 6.07 Å². The van der Waals surface area contributed by atoms with Gasteiger partial charge in [-0.2, -0.15) is 0 Å². The Balaban J connectivity index is 2.57. The smallest absolute Gasteiger partial charge is 0.361 e. The first-order valence-electron chi connectivity index (χ1n) is 9.38. The molecule has 0 spiro atoms. The second-order valence-corrected chi connectivity index (χ2v) is 6.55. The van der Waals surface area contributed by atoms with Crippen LogP contribution in [0.3, 0.4) is 0 Å². The summed E-state index contributed by atoms with van der Waals surface area (Å²) in [5.74, 6) is -2.85. The molecule has 0 unspecified atom stereocenters. The summed E-state index contributed by atoms with van der Waals surface area (Å²) in [6.45, 7) is 4.29. The molecule has 1 aromatic heterocycles. The first kappa shape index (κ1) is 24.2. The summed E-state index contributed by atoms with van der Waals surface area (Å²) in [6, 6.07) is 2.12. The highest BCUT2D eigenvalue weighted by Gasteiger charge is 2.32. The lowest BCUT2D eigenvalue weighted by molar-refractivity contribution is -0.385. The quantitative estimate of drug-likeness (QED) is 0.224. The Hall–Kier alpha value is -4.03. The average molecular weight is 450 g/mol. The summed E-state index contributed by atoms with van der Waals surface area (Å²) >= 11 is 0. The Morgan fingerprint density at radius 3 is 2.19 bits per heavy atom. The van der Waals surface area contributed by atoms with Crippen LogP contribution >= 0.6 is 0 Å². The van der Waals surface area contributed by atoms with Gasteiger partial charge in [0.25, 0.3) is 5.69 Å². The number of methoxy groups -OCH3 is 2. The molecule has 1 heterocycles. The van der Waals surface area contributed by atoms with E-state index in [0.29, 0.717) is 0 Å². The minimum Gasteiger partial charge on any atom is -0.493 e. The fourth-order valence-corrected chi connectivity index (χ4v) is 2.51. The van der Waals surface area contributed by atoms with Crippen molar-refractivity contribution in [3.63, 3.8) is 0 Å². The van der Waals surface area contributed by atoms with Crippen LogP contribution in [-0.2, 0) is 21.0 Å². The summed E-state index contributed by atoms with van der Waals surface area (Å²) in [6.07, 6.45) is 0. The summed E-state index contributed by atoms with van der Waals surface area (Å²) in [4.78, 5) is 48.8. The van der Waals surface area contributed by atoms with Gasteiger partial charge in [-0.05, 0) is 6.92 Å². The molecular weight excluding hydrogens is 428 g/mol. The Kier molecular flexibility index (Phi) is 7.82. The van der Waals surface area contributed by atoms with E-state index in [4.69, 9.17) is 18.9 Å². The molecule has 0 bridgehead atoms. The van der Waals surface area contributed by atoms with Crippen LogP contribution in [0.2, 0.25) is 0 Å². The van der Waals surface area contributed by atoms with Crippen LogP contribution in [0.25, 0.3) is 0 Å². The minimum absolute atomic E-state index is 0.0157. The van der Waals surface area contributed by atoms with Crippen molar-refractivity contribution in [3.05, 3.63) is 39.2 Å². The van der Waals surface area contributed by atoms with E-state index < -0.39 is 57.9 Å². The molecule has 0 aliphatic rings. The monoisotopic (exact) mass is 450 g/mol. The second kappa shape index (κ2) is 10.3. The van der Waals surface area contributed by atoms with Crippen molar-refractivity contribution in [1.29, 1.82) is 0 Å². The molecule has 0 atom stereocenters. The fourth-order valence-electron chi connectivity index (χ4n) is 2.51. The maximum absolute atomic E-state index is 13.2. The van der Waals surface area contributed by atoms with Gasteiger partial charge in [0.1, 0.15) is 5.56 Å². The van der Waals surface area contributed by atoms with Crippen LogP contribution in [0.5, 0.6) is 11.5 Å². The number of carbonyl (C=O) groups is 3. The number of hydrogen-bond donors (Lipinski definition) is 0. The summed E-state index contributed by atoms with van der Waals surface area (Å²) in [5.41, 5.74) is -2.01. The normalized spacial score (nSPS) is 10.6. The molecule has 32 heavy (non-hydrogen) atoms. The van der Waals surface area contributed by atoms with Gasteiger partial charge in [0.15, 0.2) is 17.2 Å². The van der Waals surface area contributed by atoms with E-state index in [1.54, 1.807) is 20.8 Å². The highest BCUT2D eigenvalue weighted by Crippen LogP contribution is 2.35. The van der Waals surface area contributed by atoms with Crippen LogP contribution in [0.1, 0.15) is 47.3 Å². The lowest BCUT2D eigenvalue weighted by atomic mass is 10.0. The van der Waals surface area contributed by atoms with E-state index in [9.17, 15) is 24.5 Å². The van der Waals surface area contributed by atoms with E-state index in [2.05, 4.69) is 10.2 Å². The predicted octanol–water partition coefficient (Wildman–Crippen LogP) is 1.77. The molecule has 0 aliphatic heterocycles. The molecule has 0 fully saturated rings. The number of rotatable bonds is 10. The lowest BCUT2D eigenvalue weighted by Crippen LogP contribution is -2.16. The van der Waals surface area contributed by atoms with E-state index in [1.807, 2.05) is 0 Å². The molecule has 0 amide bonds. The molecule has 2 aromatic rings. The van der Waals surface area contributed by atoms with E-state index in [0.717, 1.165) is 16.9 Å². The lowest BCUT2D eigenvalue weighted by Gasteiger charge is -2.09. The maximum atomic E-state index is 13.2. The zero-order valence-electron chi connectivity index (χ0n) is 18.1. The summed E-state index contributed by atoms with van der Waals surface area (Å²) in [5, 5.41) is 19.3. The van der Waals surface area contributed by atoms with Crippen LogP contribution in [0.15, 0.2) is 12.1 Å². The zero-order chi connectivity index (χ0) is 24.0. The number of nitro groups is 1. The number of aromatic nitrogens is 3. The number of benzene rings is 1. The van der Waals surface area contributed by atoms with Crippen molar-refractivity contribution in [2.75, 3.05) is 20.8 Å². The number of ether oxygens (including phenoxy) is 4. The van der Waals surface area contributed by atoms with Crippen molar-refractivity contribution in [3.8, 4) is 11.5 Å². The topological polar surface area (TPSA) is 162 Å². The minimum atomic E-state index is -0.984. The Morgan fingerprint density at radius 1 is 1.06 bits per heavy atom. The van der Waals surface area contributed by atoms with Crippen molar-refractivity contribution in [1.82, 2.24) is 15.0 Å². The average Bonchev–Trinajstić information content (AvgIpc) is 3.20. The van der Waals surface area contributed by atoms with Crippen molar-refractivity contribution in [2.45, 2.75) is 27.5 Å². The number of hydrogen-bond acceptors (Lipinski definition) is 11. The van der Waals surface area contributed by atoms with Crippen molar-refractivity contribution in [2.24, 2.45) is 5.92 Å². The summed E-state index contributed by atoms with van der Waals surface area (Å²) in [7, 11) is 2.58. The van der Waals surface area contributed by atoms with E-state index in [-0.39, 0.29) is 18.1 Å². The highest BCUT2D eigenvalue weighted by atomic mass is 16.6. The number of nitro benzene ring substituents is 1. The first-order chi connectivity index (χ1) is 15.1. The number of ketones is 1. The molecule has 13 heteroatoms.